The van der Waals surface area contributed by atoms with E-state index in [9.17, 15) is 0 Å². The molecule has 1 nitrogen and oxygen atoms in total. The van der Waals surface area contributed by atoms with Crippen LogP contribution in [0.2, 0.25) is 0 Å². The van der Waals surface area contributed by atoms with Gasteiger partial charge in [0.15, 0.2) is 0 Å². The number of nitrogens with one attached hydrogen (secondary N) is 1. The van der Waals surface area contributed by atoms with E-state index < -0.39 is 0 Å². The van der Waals surface area contributed by atoms with Gasteiger partial charge in [-0.2, -0.15) is 0 Å². The Morgan fingerprint density at radius 2 is 2.11 bits per heavy atom. The number of thiophene rings is 1. The van der Waals surface area contributed by atoms with Crippen LogP contribution < -0.4 is 5.32 Å². The molecular formula is C16H22BrNS. The monoisotopic (exact) mass is 339 g/mol. The van der Waals surface area contributed by atoms with E-state index in [0.29, 0.717) is 6.04 Å². The van der Waals surface area contributed by atoms with Crippen molar-refractivity contribution in [2.24, 2.45) is 0 Å². The molecule has 1 atom stereocenters. The summed E-state index contributed by atoms with van der Waals surface area (Å²) in [6.45, 7) is 2.26. The van der Waals surface area contributed by atoms with Crippen LogP contribution in [-0.2, 0) is 0 Å². The van der Waals surface area contributed by atoms with E-state index in [0.717, 1.165) is 0 Å². The molecule has 0 saturated heterocycles. The average molecular weight is 340 g/mol. The van der Waals surface area contributed by atoms with Gasteiger partial charge < -0.3 is 5.32 Å². The normalized spacial score (nSPS) is 13.0. The fourth-order valence-electron chi connectivity index (χ4n) is 2.54. The molecule has 19 heavy (non-hydrogen) atoms. The number of rotatable bonds is 7. The summed E-state index contributed by atoms with van der Waals surface area (Å²) in [5.74, 6) is 0. The lowest BCUT2D eigenvalue weighted by molar-refractivity contribution is 0.508. The predicted octanol–water partition coefficient (Wildman–Crippen LogP) is 5.89. The van der Waals surface area contributed by atoms with E-state index in [1.54, 1.807) is 0 Å². The number of halogens is 1. The number of benzene rings is 1. The van der Waals surface area contributed by atoms with Crippen LogP contribution in [0.1, 0.15) is 50.6 Å². The van der Waals surface area contributed by atoms with Crippen molar-refractivity contribution in [3.8, 4) is 0 Å². The second-order valence-electron chi connectivity index (χ2n) is 5.00. The Kier molecular flexibility index (Phi) is 5.86. The van der Waals surface area contributed by atoms with Crippen molar-refractivity contribution >= 4 is 37.4 Å². The minimum Gasteiger partial charge on any atom is -0.313 e. The second-order valence-corrected chi connectivity index (χ2v) is 6.73. The molecule has 1 N–H and O–H groups in total. The van der Waals surface area contributed by atoms with Crippen LogP contribution in [0, 0.1) is 0 Å². The van der Waals surface area contributed by atoms with Crippen molar-refractivity contribution in [3.63, 3.8) is 0 Å². The van der Waals surface area contributed by atoms with Gasteiger partial charge in [-0.15, -0.1) is 11.3 Å². The molecule has 2 rings (SSSR count). The van der Waals surface area contributed by atoms with Gasteiger partial charge in [0.25, 0.3) is 0 Å². The van der Waals surface area contributed by atoms with Crippen molar-refractivity contribution in [1.82, 2.24) is 5.32 Å². The maximum Gasteiger partial charge on any atom is 0.0488 e. The predicted molar refractivity (Wildman–Crippen MR) is 90.1 cm³/mol. The highest BCUT2D eigenvalue weighted by Gasteiger charge is 2.14. The van der Waals surface area contributed by atoms with E-state index >= 15 is 0 Å². The summed E-state index contributed by atoms with van der Waals surface area (Å²) in [5.41, 5.74) is 1.46. The number of hydrogen-bond acceptors (Lipinski definition) is 2. The van der Waals surface area contributed by atoms with Gasteiger partial charge in [0.1, 0.15) is 0 Å². The van der Waals surface area contributed by atoms with Crippen LogP contribution in [0.15, 0.2) is 28.1 Å². The number of unbranched alkanes of at least 4 members (excludes halogenated alkanes) is 3. The molecule has 0 radical (unpaired) electrons. The highest BCUT2D eigenvalue weighted by molar-refractivity contribution is 9.10. The minimum absolute atomic E-state index is 0.486. The van der Waals surface area contributed by atoms with Gasteiger partial charge in [0.05, 0.1) is 0 Å². The zero-order valence-corrected chi connectivity index (χ0v) is 14.1. The molecule has 0 amide bonds. The topological polar surface area (TPSA) is 12.0 Å². The molecule has 1 heterocycles. The van der Waals surface area contributed by atoms with E-state index in [4.69, 9.17) is 0 Å². The third-order valence-electron chi connectivity index (χ3n) is 3.65. The van der Waals surface area contributed by atoms with Gasteiger partial charge in [0, 0.05) is 15.2 Å². The summed E-state index contributed by atoms with van der Waals surface area (Å²) >= 11 is 5.49. The smallest absolute Gasteiger partial charge is 0.0488 e. The molecule has 0 spiro atoms. The van der Waals surface area contributed by atoms with Crippen molar-refractivity contribution in [2.45, 2.75) is 45.1 Å². The number of hydrogen-bond donors (Lipinski definition) is 1. The molecule has 1 aromatic carbocycles. The van der Waals surface area contributed by atoms with Crippen LogP contribution >= 0.6 is 27.3 Å². The molecule has 0 fully saturated rings. The minimum atomic E-state index is 0.486. The molecule has 0 aliphatic rings. The lowest BCUT2D eigenvalue weighted by Crippen LogP contribution is -2.15. The first-order chi connectivity index (χ1) is 9.27. The van der Waals surface area contributed by atoms with Gasteiger partial charge in [-0.1, -0.05) is 44.7 Å². The van der Waals surface area contributed by atoms with Gasteiger partial charge in [-0.25, -0.2) is 0 Å². The highest BCUT2D eigenvalue weighted by Crippen LogP contribution is 2.36. The zero-order chi connectivity index (χ0) is 13.7. The average Bonchev–Trinajstić information content (AvgIpc) is 2.84. The Morgan fingerprint density at radius 3 is 2.84 bits per heavy atom. The maximum absolute atomic E-state index is 3.64. The summed E-state index contributed by atoms with van der Waals surface area (Å²) in [4.78, 5) is 0. The largest absolute Gasteiger partial charge is 0.313 e. The molecule has 1 unspecified atom stereocenters. The fourth-order valence-corrected chi connectivity index (χ4v) is 4.22. The van der Waals surface area contributed by atoms with Crippen LogP contribution in [0.3, 0.4) is 0 Å². The summed E-state index contributed by atoms with van der Waals surface area (Å²) in [7, 11) is 2.08. The summed E-state index contributed by atoms with van der Waals surface area (Å²) in [6, 6.07) is 6.98. The SMILES string of the molecule is CCCCCCC(NC)c1csc2c(Br)cccc12. The molecule has 104 valence electrons. The summed E-state index contributed by atoms with van der Waals surface area (Å²) in [6.07, 6.45) is 6.55. The van der Waals surface area contributed by atoms with E-state index in [1.807, 2.05) is 11.3 Å². The quantitative estimate of drug-likeness (QED) is 0.619. The second kappa shape index (κ2) is 7.41. The Morgan fingerprint density at radius 1 is 1.26 bits per heavy atom. The third kappa shape index (κ3) is 3.59. The van der Waals surface area contributed by atoms with Crippen LogP contribution in [-0.4, -0.2) is 7.05 Å². The van der Waals surface area contributed by atoms with Gasteiger partial charge in [-0.3, -0.25) is 0 Å². The molecule has 0 bridgehead atoms. The molecule has 0 aliphatic carbocycles. The molecule has 1 aromatic heterocycles. The lowest BCUT2D eigenvalue weighted by atomic mass is 9.99. The van der Waals surface area contributed by atoms with Crippen molar-refractivity contribution < 1.29 is 0 Å². The maximum atomic E-state index is 3.64. The highest BCUT2D eigenvalue weighted by atomic mass is 79.9. The van der Waals surface area contributed by atoms with E-state index in [2.05, 4.69) is 58.8 Å². The molecule has 0 aliphatic heterocycles. The van der Waals surface area contributed by atoms with Crippen molar-refractivity contribution in [2.75, 3.05) is 7.05 Å². The summed E-state index contributed by atoms with van der Waals surface area (Å²) < 4.78 is 2.58. The van der Waals surface area contributed by atoms with Crippen molar-refractivity contribution in [3.05, 3.63) is 33.6 Å². The molecule has 2 aromatic rings. The Balaban J connectivity index is 2.14. The first kappa shape index (κ1) is 15.0. The standard InChI is InChI=1S/C16H22BrNS/c1-3-4-5-6-10-15(18-2)13-11-19-16-12(13)8-7-9-14(16)17/h7-9,11,15,18H,3-6,10H2,1-2H3. The van der Waals surface area contributed by atoms with E-state index in [-0.39, 0.29) is 0 Å². The Bertz CT molecular complexity index is 520. The van der Waals surface area contributed by atoms with Crippen LogP contribution in [0.5, 0.6) is 0 Å². The van der Waals surface area contributed by atoms with Gasteiger partial charge in [0.2, 0.25) is 0 Å². The first-order valence-electron chi connectivity index (χ1n) is 7.10. The molecular weight excluding hydrogens is 318 g/mol. The lowest BCUT2D eigenvalue weighted by Gasteiger charge is -2.15. The van der Waals surface area contributed by atoms with Crippen LogP contribution in [0.4, 0.5) is 0 Å². The zero-order valence-electron chi connectivity index (χ0n) is 11.7. The van der Waals surface area contributed by atoms with Crippen LogP contribution in [0.25, 0.3) is 10.1 Å². The molecule has 3 heteroatoms. The third-order valence-corrected chi connectivity index (χ3v) is 5.62. The number of fused-ring (bicyclic) bond motifs is 1. The first-order valence-corrected chi connectivity index (χ1v) is 8.78. The van der Waals surface area contributed by atoms with E-state index in [1.165, 1.54) is 52.2 Å². The fraction of sp³-hybridized carbons (Fsp3) is 0.500. The molecule has 0 saturated carbocycles. The van der Waals surface area contributed by atoms with Gasteiger partial charge in [-0.05, 0) is 51.8 Å². The Labute approximate surface area is 128 Å². The van der Waals surface area contributed by atoms with Crippen molar-refractivity contribution in [1.29, 1.82) is 0 Å². The summed E-state index contributed by atoms with van der Waals surface area (Å²) in [5, 5.41) is 7.20. The van der Waals surface area contributed by atoms with Gasteiger partial charge >= 0.3 is 0 Å². The Hall–Kier alpha value is -0.380.